The molecular weight excluding hydrogens is 476 g/mol. The van der Waals surface area contributed by atoms with E-state index >= 15 is 0 Å². The minimum atomic E-state index is -0.0374. The van der Waals surface area contributed by atoms with Crippen LogP contribution in [-0.2, 0) is 0 Å². The van der Waals surface area contributed by atoms with Crippen LogP contribution in [0.4, 0.5) is 0 Å². The van der Waals surface area contributed by atoms with E-state index < -0.39 is 0 Å². The van der Waals surface area contributed by atoms with Crippen LogP contribution in [0.3, 0.4) is 0 Å². The molecule has 4 nitrogen and oxygen atoms in total. The van der Waals surface area contributed by atoms with Crippen molar-refractivity contribution in [3.05, 3.63) is 117 Å². The summed E-state index contributed by atoms with van der Waals surface area (Å²) in [7, 11) is 0. The fraction of sp³-hybridized carbons (Fsp3) is 0.103. The topological polar surface area (TPSA) is 52.6 Å². The molecule has 0 fully saturated rings. The fourth-order valence-electron chi connectivity index (χ4n) is 3.15. The van der Waals surface area contributed by atoms with Gasteiger partial charge in [-0.1, -0.05) is 12.1 Å². The first-order valence-corrected chi connectivity index (χ1v) is 12.9. The molecule has 0 amide bonds. The van der Waals surface area contributed by atoms with Crippen molar-refractivity contribution in [3.63, 3.8) is 0 Å². The highest BCUT2D eigenvalue weighted by molar-refractivity contribution is 7.11. The van der Waals surface area contributed by atoms with Crippen molar-refractivity contribution in [2.24, 2.45) is 0 Å². The van der Waals surface area contributed by atoms with Gasteiger partial charge >= 0.3 is 0 Å². The van der Waals surface area contributed by atoms with Crippen LogP contribution in [0.1, 0.15) is 36.9 Å². The number of ether oxygens (including phenoxy) is 2. The van der Waals surface area contributed by atoms with Crippen LogP contribution < -0.4 is 9.47 Å². The number of ketones is 2. The van der Waals surface area contributed by atoms with Crippen LogP contribution in [0.25, 0.3) is 12.2 Å². The molecule has 0 aliphatic carbocycles. The Bertz CT molecular complexity index is 1170. The Labute approximate surface area is 212 Å². The van der Waals surface area contributed by atoms with Crippen LogP contribution in [0, 0.1) is 0 Å². The van der Waals surface area contributed by atoms with Crippen molar-refractivity contribution in [2.75, 3.05) is 13.2 Å². The molecule has 0 radical (unpaired) electrons. The zero-order valence-electron chi connectivity index (χ0n) is 19.0. The second-order valence-electron chi connectivity index (χ2n) is 7.53. The lowest BCUT2D eigenvalue weighted by atomic mass is 10.1. The average Bonchev–Trinajstić information content (AvgIpc) is 3.61. The molecule has 0 aliphatic rings. The Kier molecular flexibility index (Phi) is 8.81. The van der Waals surface area contributed by atoms with Crippen molar-refractivity contribution >= 4 is 46.4 Å². The van der Waals surface area contributed by atoms with E-state index in [0.717, 1.165) is 9.75 Å². The minimum Gasteiger partial charge on any atom is -0.493 e. The number of hydrogen-bond donors (Lipinski definition) is 0. The number of carbonyl (C=O) groups excluding carboxylic acids is 2. The summed E-state index contributed by atoms with van der Waals surface area (Å²) >= 11 is 3.18. The second kappa shape index (κ2) is 12.6. The molecule has 0 saturated carbocycles. The van der Waals surface area contributed by atoms with Crippen molar-refractivity contribution in [3.8, 4) is 11.5 Å². The van der Waals surface area contributed by atoms with Gasteiger partial charge in [-0.15, -0.1) is 22.7 Å². The molecule has 0 atom stereocenters. The van der Waals surface area contributed by atoms with Gasteiger partial charge in [-0.05, 0) is 95.7 Å². The minimum absolute atomic E-state index is 0.0374. The quantitative estimate of drug-likeness (QED) is 0.115. The van der Waals surface area contributed by atoms with Crippen molar-refractivity contribution < 1.29 is 19.1 Å². The third-order valence-electron chi connectivity index (χ3n) is 4.99. The number of allylic oxidation sites excluding steroid dienone is 2. The van der Waals surface area contributed by atoms with Crippen molar-refractivity contribution in [1.29, 1.82) is 0 Å². The summed E-state index contributed by atoms with van der Waals surface area (Å²) in [5.74, 6) is 1.35. The van der Waals surface area contributed by atoms with Crippen LogP contribution in [-0.4, -0.2) is 24.8 Å². The first kappa shape index (κ1) is 24.4. The van der Waals surface area contributed by atoms with Gasteiger partial charge in [0.1, 0.15) is 11.5 Å². The smallest absolute Gasteiger partial charge is 0.185 e. The number of rotatable bonds is 12. The van der Waals surface area contributed by atoms with Gasteiger partial charge in [0.05, 0.1) is 13.2 Å². The van der Waals surface area contributed by atoms with Gasteiger partial charge in [0, 0.05) is 27.3 Å². The largest absolute Gasteiger partial charge is 0.493 e. The molecule has 0 aliphatic heterocycles. The van der Waals surface area contributed by atoms with E-state index in [1.807, 2.05) is 47.2 Å². The van der Waals surface area contributed by atoms with E-state index in [0.29, 0.717) is 42.3 Å². The van der Waals surface area contributed by atoms with E-state index in [9.17, 15) is 9.59 Å². The summed E-state index contributed by atoms with van der Waals surface area (Å²) in [4.78, 5) is 26.6. The SMILES string of the molecule is O=C(/C=C/c1cccs1)c1ccc(OCCCOc2ccc(C(=O)/C=C/c3cccs3)cc2)cc1. The van der Waals surface area contributed by atoms with Crippen LogP contribution in [0.5, 0.6) is 11.5 Å². The molecule has 0 bridgehead atoms. The predicted octanol–water partition coefficient (Wildman–Crippen LogP) is 7.45. The standard InChI is InChI=1S/C29H24O4S2/c30-28(16-14-26-4-1-20-34-26)22-6-10-24(11-7-22)32-18-3-19-33-25-12-8-23(9-13-25)29(31)17-15-27-5-2-21-35-27/h1-2,4-17,20-21H,3,18-19H2/b16-14+,17-15+. The fourth-order valence-corrected chi connectivity index (χ4v) is 4.39. The zero-order valence-corrected chi connectivity index (χ0v) is 20.6. The lowest BCUT2D eigenvalue weighted by Gasteiger charge is -2.09. The van der Waals surface area contributed by atoms with Gasteiger partial charge < -0.3 is 9.47 Å². The molecule has 2 aromatic carbocycles. The Balaban J connectivity index is 1.15. The van der Waals surface area contributed by atoms with Gasteiger partial charge in [0.25, 0.3) is 0 Å². The summed E-state index contributed by atoms with van der Waals surface area (Å²) in [6.07, 6.45) is 7.53. The molecule has 176 valence electrons. The Hall–Kier alpha value is -3.74. The highest BCUT2D eigenvalue weighted by Crippen LogP contribution is 2.17. The summed E-state index contributed by atoms with van der Waals surface area (Å²) in [6, 6.07) is 22.1. The maximum Gasteiger partial charge on any atom is 0.185 e. The summed E-state index contributed by atoms with van der Waals surface area (Å²) in [5.41, 5.74) is 1.25. The van der Waals surface area contributed by atoms with Gasteiger partial charge in [0.15, 0.2) is 11.6 Å². The van der Waals surface area contributed by atoms with E-state index in [1.165, 1.54) is 0 Å². The molecule has 0 N–H and O–H groups in total. The number of thiophene rings is 2. The summed E-state index contributed by atoms with van der Waals surface area (Å²) in [6.45, 7) is 0.991. The molecule has 4 rings (SSSR count). The van der Waals surface area contributed by atoms with E-state index in [-0.39, 0.29) is 11.6 Å². The molecule has 0 saturated heterocycles. The highest BCUT2D eigenvalue weighted by atomic mass is 32.1. The summed E-state index contributed by atoms with van der Waals surface area (Å²) < 4.78 is 11.5. The van der Waals surface area contributed by atoms with E-state index in [1.54, 1.807) is 83.4 Å². The molecule has 2 aromatic heterocycles. The van der Waals surface area contributed by atoms with E-state index in [2.05, 4.69) is 0 Å². The van der Waals surface area contributed by atoms with Gasteiger partial charge in [0.2, 0.25) is 0 Å². The molecular formula is C29H24O4S2. The van der Waals surface area contributed by atoms with Crippen LogP contribution in [0.15, 0.2) is 95.7 Å². The molecule has 0 unspecified atom stereocenters. The zero-order chi connectivity index (χ0) is 24.3. The Morgan fingerprint density at radius 2 is 1.06 bits per heavy atom. The van der Waals surface area contributed by atoms with Gasteiger partial charge in [-0.2, -0.15) is 0 Å². The molecule has 0 spiro atoms. The number of carbonyl (C=O) groups is 2. The highest BCUT2D eigenvalue weighted by Gasteiger charge is 2.04. The second-order valence-corrected chi connectivity index (χ2v) is 9.48. The predicted molar refractivity (Wildman–Crippen MR) is 144 cm³/mol. The normalized spacial score (nSPS) is 11.2. The lowest BCUT2D eigenvalue weighted by molar-refractivity contribution is 0.103. The Morgan fingerprint density at radius 3 is 1.43 bits per heavy atom. The molecule has 4 aromatic rings. The molecule has 6 heteroatoms. The summed E-state index contributed by atoms with van der Waals surface area (Å²) in [5, 5.41) is 3.96. The maximum absolute atomic E-state index is 12.3. The molecule has 2 heterocycles. The van der Waals surface area contributed by atoms with Crippen LogP contribution in [0.2, 0.25) is 0 Å². The maximum atomic E-state index is 12.3. The molecule has 35 heavy (non-hydrogen) atoms. The lowest BCUT2D eigenvalue weighted by Crippen LogP contribution is -2.05. The van der Waals surface area contributed by atoms with Gasteiger partial charge in [-0.25, -0.2) is 0 Å². The monoisotopic (exact) mass is 500 g/mol. The van der Waals surface area contributed by atoms with Crippen molar-refractivity contribution in [1.82, 2.24) is 0 Å². The van der Waals surface area contributed by atoms with E-state index in [4.69, 9.17) is 9.47 Å². The number of hydrogen-bond acceptors (Lipinski definition) is 6. The third kappa shape index (κ3) is 7.64. The first-order chi connectivity index (χ1) is 17.2. The van der Waals surface area contributed by atoms with Gasteiger partial charge in [-0.3, -0.25) is 9.59 Å². The van der Waals surface area contributed by atoms with Crippen LogP contribution >= 0.6 is 22.7 Å². The average molecular weight is 501 g/mol. The van der Waals surface area contributed by atoms with Crippen molar-refractivity contribution in [2.45, 2.75) is 6.42 Å². The third-order valence-corrected chi connectivity index (χ3v) is 6.66. The number of benzene rings is 2. The first-order valence-electron chi connectivity index (χ1n) is 11.1. The Morgan fingerprint density at radius 1 is 0.629 bits per heavy atom.